The van der Waals surface area contributed by atoms with Crippen molar-refractivity contribution in [2.75, 3.05) is 13.7 Å². The summed E-state index contributed by atoms with van der Waals surface area (Å²) in [4.78, 5) is 23.7. The van der Waals surface area contributed by atoms with Gasteiger partial charge in [0, 0.05) is 36.1 Å². The van der Waals surface area contributed by atoms with Crippen LogP contribution in [0.2, 0.25) is 0 Å². The Morgan fingerprint density at radius 1 is 1.12 bits per heavy atom. The van der Waals surface area contributed by atoms with E-state index in [4.69, 9.17) is 4.74 Å². The molecule has 0 spiro atoms. The Labute approximate surface area is 152 Å². The number of rotatable bonds is 7. The summed E-state index contributed by atoms with van der Waals surface area (Å²) >= 11 is 0. The zero-order chi connectivity index (χ0) is 18.5. The molecule has 0 aliphatic heterocycles. The molecule has 2 aromatic carbocycles. The average molecular weight is 350 g/mol. The van der Waals surface area contributed by atoms with E-state index in [1.54, 1.807) is 7.11 Å². The number of carbonyl (C=O) groups is 2. The van der Waals surface area contributed by atoms with E-state index in [0.717, 1.165) is 22.2 Å². The second-order valence-electron chi connectivity index (χ2n) is 6.19. The van der Waals surface area contributed by atoms with Crippen LogP contribution >= 0.6 is 0 Å². The third-order valence-electron chi connectivity index (χ3n) is 4.35. The lowest BCUT2D eigenvalue weighted by Gasteiger charge is -2.06. The predicted octanol–water partition coefficient (Wildman–Crippen LogP) is 3.21. The number of ether oxygens (including phenoxy) is 1. The van der Waals surface area contributed by atoms with Gasteiger partial charge >= 0.3 is 0 Å². The van der Waals surface area contributed by atoms with Gasteiger partial charge in [-0.2, -0.15) is 0 Å². The van der Waals surface area contributed by atoms with E-state index in [1.165, 1.54) is 6.92 Å². The number of fused-ring (bicyclic) bond motifs is 1. The summed E-state index contributed by atoms with van der Waals surface area (Å²) in [6, 6.07) is 15.1. The largest absolute Gasteiger partial charge is 0.497 e. The molecule has 0 aliphatic carbocycles. The molecule has 0 saturated carbocycles. The third kappa shape index (κ3) is 3.94. The maximum absolute atomic E-state index is 12.6. The van der Waals surface area contributed by atoms with Gasteiger partial charge in [-0.3, -0.25) is 9.59 Å². The lowest BCUT2D eigenvalue weighted by Crippen LogP contribution is -2.22. The van der Waals surface area contributed by atoms with Crippen LogP contribution in [0.5, 0.6) is 5.75 Å². The lowest BCUT2D eigenvalue weighted by molar-refractivity contribution is -0.118. The molecule has 134 valence electrons. The maximum Gasteiger partial charge on any atom is 0.216 e. The molecule has 0 fully saturated rings. The molecule has 1 amide bonds. The Morgan fingerprint density at radius 3 is 2.58 bits per heavy atom. The van der Waals surface area contributed by atoms with Crippen LogP contribution in [0.4, 0.5) is 0 Å². The van der Waals surface area contributed by atoms with Gasteiger partial charge in [-0.15, -0.1) is 0 Å². The van der Waals surface area contributed by atoms with Crippen molar-refractivity contribution in [1.29, 1.82) is 0 Å². The number of hydrogen-bond donors (Lipinski definition) is 1. The number of ketones is 1. The lowest BCUT2D eigenvalue weighted by atomic mass is 10.1. The van der Waals surface area contributed by atoms with Crippen molar-refractivity contribution in [3.63, 3.8) is 0 Å². The topological polar surface area (TPSA) is 60.3 Å². The van der Waals surface area contributed by atoms with Crippen LogP contribution in [0.15, 0.2) is 54.7 Å². The predicted molar refractivity (Wildman–Crippen MR) is 102 cm³/mol. The fourth-order valence-electron chi connectivity index (χ4n) is 3.05. The second kappa shape index (κ2) is 7.87. The van der Waals surface area contributed by atoms with Crippen molar-refractivity contribution < 1.29 is 14.3 Å². The summed E-state index contributed by atoms with van der Waals surface area (Å²) in [5, 5.41) is 3.85. The van der Waals surface area contributed by atoms with Crippen LogP contribution < -0.4 is 10.1 Å². The Kier molecular flexibility index (Phi) is 5.37. The molecule has 0 saturated heterocycles. The van der Waals surface area contributed by atoms with Gasteiger partial charge in [0.25, 0.3) is 0 Å². The van der Waals surface area contributed by atoms with Crippen LogP contribution in [-0.4, -0.2) is 29.9 Å². The fourth-order valence-corrected chi connectivity index (χ4v) is 3.05. The first-order chi connectivity index (χ1) is 12.6. The van der Waals surface area contributed by atoms with Crippen LogP contribution in [-0.2, 0) is 17.8 Å². The average Bonchev–Trinajstić information content (AvgIpc) is 2.99. The number of aromatic nitrogens is 1. The number of nitrogens with zero attached hydrogens (tertiary/aromatic N) is 1. The summed E-state index contributed by atoms with van der Waals surface area (Å²) in [5.41, 5.74) is 2.75. The molecule has 1 N–H and O–H groups in total. The first-order valence-corrected chi connectivity index (χ1v) is 8.57. The van der Waals surface area contributed by atoms with Crippen molar-refractivity contribution in [2.24, 2.45) is 0 Å². The van der Waals surface area contributed by atoms with E-state index < -0.39 is 0 Å². The van der Waals surface area contributed by atoms with Crippen molar-refractivity contribution >= 4 is 22.6 Å². The smallest absolute Gasteiger partial charge is 0.216 e. The van der Waals surface area contributed by atoms with E-state index >= 15 is 0 Å². The minimum Gasteiger partial charge on any atom is -0.497 e. The molecule has 5 heteroatoms. The molecular formula is C21H22N2O3. The SMILES string of the molecule is COc1ccc2c(c1)c(CCNC(C)=O)cn2CC(=O)c1ccccc1. The summed E-state index contributed by atoms with van der Waals surface area (Å²) in [7, 11) is 1.63. The van der Waals surface area contributed by atoms with Crippen LogP contribution in [0, 0.1) is 0 Å². The molecule has 0 atom stereocenters. The molecular weight excluding hydrogens is 328 g/mol. The summed E-state index contributed by atoms with van der Waals surface area (Å²) < 4.78 is 7.30. The van der Waals surface area contributed by atoms with Gasteiger partial charge in [0.2, 0.25) is 5.91 Å². The zero-order valence-corrected chi connectivity index (χ0v) is 15.0. The number of hydrogen-bond acceptors (Lipinski definition) is 3. The van der Waals surface area contributed by atoms with Gasteiger partial charge in [-0.25, -0.2) is 0 Å². The summed E-state index contributed by atoms with van der Waals surface area (Å²) in [6.07, 6.45) is 2.68. The van der Waals surface area contributed by atoms with Crippen molar-refractivity contribution in [2.45, 2.75) is 19.9 Å². The standard InChI is InChI=1S/C21H22N2O3/c1-15(24)22-11-10-17-13-23(14-21(25)16-6-4-3-5-7-16)20-9-8-18(26-2)12-19(17)20/h3-9,12-13H,10-11,14H2,1-2H3,(H,22,24). The second-order valence-corrected chi connectivity index (χ2v) is 6.19. The number of carbonyl (C=O) groups excluding carboxylic acids is 2. The highest BCUT2D eigenvalue weighted by Gasteiger charge is 2.13. The van der Waals surface area contributed by atoms with Crippen LogP contribution in [0.3, 0.4) is 0 Å². The van der Waals surface area contributed by atoms with Gasteiger partial charge in [0.05, 0.1) is 13.7 Å². The Hall–Kier alpha value is -3.08. The van der Waals surface area contributed by atoms with Gasteiger partial charge in [-0.05, 0) is 30.2 Å². The number of benzene rings is 2. The monoisotopic (exact) mass is 350 g/mol. The van der Waals surface area contributed by atoms with Crippen molar-refractivity contribution in [1.82, 2.24) is 9.88 Å². The maximum atomic E-state index is 12.6. The highest BCUT2D eigenvalue weighted by Crippen LogP contribution is 2.26. The summed E-state index contributed by atoms with van der Waals surface area (Å²) in [6.45, 7) is 2.33. The van der Waals surface area contributed by atoms with E-state index in [2.05, 4.69) is 5.32 Å². The molecule has 1 heterocycles. The highest BCUT2D eigenvalue weighted by atomic mass is 16.5. The third-order valence-corrected chi connectivity index (χ3v) is 4.35. The number of amides is 1. The molecule has 0 radical (unpaired) electrons. The van der Waals surface area contributed by atoms with Gasteiger partial charge in [0.1, 0.15) is 5.75 Å². The van der Waals surface area contributed by atoms with E-state index in [1.807, 2.05) is 59.3 Å². The normalized spacial score (nSPS) is 10.7. The van der Waals surface area contributed by atoms with E-state index in [9.17, 15) is 9.59 Å². The molecule has 5 nitrogen and oxygen atoms in total. The first-order valence-electron chi connectivity index (χ1n) is 8.57. The molecule has 0 unspecified atom stereocenters. The minimum atomic E-state index is -0.0504. The summed E-state index contributed by atoms with van der Waals surface area (Å²) in [5.74, 6) is 0.780. The Morgan fingerprint density at radius 2 is 1.88 bits per heavy atom. The van der Waals surface area contributed by atoms with Gasteiger partial charge in [0.15, 0.2) is 5.78 Å². The van der Waals surface area contributed by atoms with E-state index in [-0.39, 0.29) is 18.2 Å². The van der Waals surface area contributed by atoms with Gasteiger partial charge in [-0.1, -0.05) is 30.3 Å². The number of methoxy groups -OCH3 is 1. The number of nitrogens with one attached hydrogen (secondary N) is 1. The molecule has 1 aromatic heterocycles. The minimum absolute atomic E-state index is 0.0504. The first kappa shape index (κ1) is 17.7. The van der Waals surface area contributed by atoms with Crippen LogP contribution in [0.25, 0.3) is 10.9 Å². The molecule has 0 aliphatic rings. The van der Waals surface area contributed by atoms with Crippen molar-refractivity contribution in [3.8, 4) is 5.75 Å². The zero-order valence-electron chi connectivity index (χ0n) is 15.0. The Bertz CT molecular complexity index is 929. The fraction of sp³-hybridized carbons (Fsp3) is 0.238. The molecule has 26 heavy (non-hydrogen) atoms. The molecule has 0 bridgehead atoms. The molecule has 3 aromatic rings. The van der Waals surface area contributed by atoms with E-state index in [0.29, 0.717) is 18.5 Å². The quantitative estimate of drug-likeness (QED) is 0.666. The number of Topliss-reactive ketones (excluding diaryl/α,β-unsaturated/α-hetero) is 1. The highest BCUT2D eigenvalue weighted by molar-refractivity contribution is 5.97. The van der Waals surface area contributed by atoms with Crippen LogP contribution in [0.1, 0.15) is 22.8 Å². The Balaban J connectivity index is 1.91. The molecule has 3 rings (SSSR count). The van der Waals surface area contributed by atoms with Gasteiger partial charge < -0.3 is 14.6 Å². The van der Waals surface area contributed by atoms with Crippen molar-refractivity contribution in [3.05, 3.63) is 65.9 Å².